The molecule has 3 atom stereocenters. The fraction of sp³-hybridized carbons (Fsp3) is 0.174. The van der Waals surface area contributed by atoms with E-state index in [0.717, 1.165) is 12.1 Å². The Labute approximate surface area is 157 Å². The standard InChI is InChI=1S/C23H20N2S/c1-2-9-22-20(6-1)19-7-3-8-21(19)23(25-22)16-10-12-17(13-11-16)24-15-18-5-4-14-26-18/h1-7,9-15,19,21,23,25H,8H2/t19-,21+,23+/m1/s1. The van der Waals surface area contributed by atoms with Crippen molar-refractivity contribution in [3.63, 3.8) is 0 Å². The van der Waals surface area contributed by atoms with Gasteiger partial charge in [-0.2, -0.15) is 0 Å². The third-order valence-corrected chi connectivity index (χ3v) is 6.22. The molecule has 0 fully saturated rings. The minimum Gasteiger partial charge on any atom is -0.378 e. The number of benzene rings is 2. The van der Waals surface area contributed by atoms with Crippen LogP contribution in [-0.4, -0.2) is 6.21 Å². The van der Waals surface area contributed by atoms with Gasteiger partial charge in [0.05, 0.1) is 11.7 Å². The van der Waals surface area contributed by atoms with Crippen LogP contribution < -0.4 is 5.32 Å². The van der Waals surface area contributed by atoms with Gasteiger partial charge in [0.1, 0.15) is 0 Å². The van der Waals surface area contributed by atoms with Gasteiger partial charge < -0.3 is 5.32 Å². The molecule has 1 aliphatic heterocycles. The van der Waals surface area contributed by atoms with E-state index in [2.05, 4.69) is 82.4 Å². The summed E-state index contributed by atoms with van der Waals surface area (Å²) in [4.78, 5) is 5.77. The number of fused-ring (bicyclic) bond motifs is 3. The number of hydrogen-bond acceptors (Lipinski definition) is 3. The highest BCUT2D eigenvalue weighted by Crippen LogP contribution is 2.49. The zero-order valence-corrected chi connectivity index (χ0v) is 15.2. The van der Waals surface area contributed by atoms with Crippen LogP contribution in [0, 0.1) is 5.92 Å². The molecule has 0 bridgehead atoms. The Morgan fingerprint density at radius 3 is 2.73 bits per heavy atom. The second kappa shape index (κ2) is 6.58. The number of allylic oxidation sites excluding steroid dienone is 2. The predicted octanol–water partition coefficient (Wildman–Crippen LogP) is 6.33. The van der Waals surface area contributed by atoms with Crippen LogP contribution >= 0.6 is 11.3 Å². The number of anilines is 1. The minimum absolute atomic E-state index is 0.347. The molecular formula is C23H20N2S. The molecule has 3 heteroatoms. The number of nitrogens with zero attached hydrogens (tertiary/aromatic N) is 1. The van der Waals surface area contributed by atoms with E-state index in [0.29, 0.717) is 17.9 Å². The first-order valence-electron chi connectivity index (χ1n) is 9.08. The molecule has 0 saturated heterocycles. The number of para-hydroxylation sites is 1. The molecule has 0 saturated carbocycles. The van der Waals surface area contributed by atoms with Crippen LogP contribution in [0.25, 0.3) is 0 Å². The Hall–Kier alpha value is -2.65. The van der Waals surface area contributed by atoms with E-state index < -0.39 is 0 Å². The number of hydrogen-bond donors (Lipinski definition) is 1. The quantitative estimate of drug-likeness (QED) is 0.431. The first-order chi connectivity index (χ1) is 12.9. The zero-order valence-electron chi connectivity index (χ0n) is 14.4. The SMILES string of the molecule is C1=C[C@@H]2c3ccccc3N[C@@H](c3ccc(N=Cc4cccs4)cc3)[C@H]2C1. The topological polar surface area (TPSA) is 24.4 Å². The van der Waals surface area contributed by atoms with Gasteiger partial charge in [-0.3, -0.25) is 4.99 Å². The van der Waals surface area contributed by atoms with Crippen LogP contribution in [0.15, 0.2) is 83.2 Å². The Balaban J connectivity index is 1.41. The van der Waals surface area contributed by atoms with Crippen molar-refractivity contribution >= 4 is 28.9 Å². The Morgan fingerprint density at radius 2 is 1.88 bits per heavy atom. The molecule has 1 aromatic heterocycles. The monoisotopic (exact) mass is 356 g/mol. The summed E-state index contributed by atoms with van der Waals surface area (Å²) >= 11 is 1.71. The van der Waals surface area contributed by atoms with E-state index >= 15 is 0 Å². The van der Waals surface area contributed by atoms with E-state index in [1.54, 1.807) is 11.3 Å². The van der Waals surface area contributed by atoms with Crippen LogP contribution in [0.5, 0.6) is 0 Å². The van der Waals surface area contributed by atoms with Gasteiger partial charge in [0.25, 0.3) is 0 Å². The maximum atomic E-state index is 4.59. The highest BCUT2D eigenvalue weighted by molar-refractivity contribution is 7.11. The van der Waals surface area contributed by atoms with Crippen molar-refractivity contribution in [2.24, 2.45) is 10.9 Å². The summed E-state index contributed by atoms with van der Waals surface area (Å²) in [6.45, 7) is 0. The van der Waals surface area contributed by atoms with Crippen LogP contribution in [0.3, 0.4) is 0 Å². The fourth-order valence-corrected chi connectivity index (χ4v) is 4.73. The minimum atomic E-state index is 0.347. The predicted molar refractivity (Wildman–Crippen MR) is 111 cm³/mol. The molecule has 2 aliphatic rings. The van der Waals surface area contributed by atoms with E-state index in [-0.39, 0.29) is 0 Å². The average molecular weight is 356 g/mol. The Kier molecular flexibility index (Phi) is 3.95. The number of thiophene rings is 1. The Morgan fingerprint density at radius 1 is 1.00 bits per heavy atom. The summed E-state index contributed by atoms with van der Waals surface area (Å²) in [6.07, 6.45) is 7.80. The van der Waals surface area contributed by atoms with E-state index in [9.17, 15) is 0 Å². The molecule has 26 heavy (non-hydrogen) atoms. The lowest BCUT2D eigenvalue weighted by Gasteiger charge is -2.37. The highest BCUT2D eigenvalue weighted by atomic mass is 32.1. The van der Waals surface area contributed by atoms with Gasteiger partial charge in [-0.15, -0.1) is 11.3 Å². The lowest BCUT2D eigenvalue weighted by atomic mass is 9.77. The summed E-state index contributed by atoms with van der Waals surface area (Å²) in [7, 11) is 0. The van der Waals surface area contributed by atoms with Crippen LogP contribution in [0.2, 0.25) is 0 Å². The molecule has 1 aliphatic carbocycles. The van der Waals surface area contributed by atoms with Gasteiger partial charge in [0.2, 0.25) is 0 Å². The second-order valence-electron chi connectivity index (χ2n) is 6.93. The van der Waals surface area contributed by atoms with Gasteiger partial charge in [-0.05, 0) is 53.1 Å². The van der Waals surface area contributed by atoms with Crippen molar-refractivity contribution in [3.8, 4) is 0 Å². The van der Waals surface area contributed by atoms with Crippen LogP contribution in [-0.2, 0) is 0 Å². The first-order valence-corrected chi connectivity index (χ1v) is 9.96. The maximum absolute atomic E-state index is 4.59. The molecule has 3 aromatic rings. The molecule has 2 heterocycles. The van der Waals surface area contributed by atoms with E-state index in [1.807, 2.05) is 12.3 Å². The molecule has 1 N–H and O–H groups in total. The van der Waals surface area contributed by atoms with Crippen LogP contribution in [0.4, 0.5) is 11.4 Å². The van der Waals surface area contributed by atoms with Crippen molar-refractivity contribution in [2.75, 3.05) is 5.32 Å². The highest BCUT2D eigenvalue weighted by Gasteiger charge is 2.37. The van der Waals surface area contributed by atoms with Crippen molar-refractivity contribution in [1.29, 1.82) is 0 Å². The van der Waals surface area contributed by atoms with Crippen molar-refractivity contribution in [1.82, 2.24) is 0 Å². The number of nitrogens with one attached hydrogen (secondary N) is 1. The summed E-state index contributed by atoms with van der Waals surface area (Å²) in [6, 6.07) is 21.9. The smallest absolute Gasteiger partial charge is 0.0630 e. The van der Waals surface area contributed by atoms with Gasteiger partial charge >= 0.3 is 0 Å². The van der Waals surface area contributed by atoms with Crippen molar-refractivity contribution in [2.45, 2.75) is 18.4 Å². The molecule has 0 unspecified atom stereocenters. The van der Waals surface area contributed by atoms with Gasteiger partial charge in [-0.25, -0.2) is 0 Å². The molecule has 0 spiro atoms. The largest absolute Gasteiger partial charge is 0.378 e. The van der Waals surface area contributed by atoms with Gasteiger partial charge in [-0.1, -0.05) is 48.6 Å². The van der Waals surface area contributed by atoms with Gasteiger partial charge in [0, 0.05) is 22.7 Å². The molecular weight excluding hydrogens is 336 g/mol. The summed E-state index contributed by atoms with van der Waals surface area (Å²) in [5.41, 5.74) is 5.04. The molecule has 5 rings (SSSR count). The Bertz CT molecular complexity index is 954. The average Bonchev–Trinajstić information content (AvgIpc) is 3.38. The summed E-state index contributed by atoms with van der Waals surface area (Å²) in [5.74, 6) is 1.11. The lowest BCUT2D eigenvalue weighted by Crippen LogP contribution is -2.28. The van der Waals surface area contributed by atoms with Crippen molar-refractivity contribution < 1.29 is 0 Å². The second-order valence-corrected chi connectivity index (χ2v) is 7.91. The summed E-state index contributed by atoms with van der Waals surface area (Å²) < 4.78 is 0. The van der Waals surface area contributed by atoms with Crippen LogP contribution in [0.1, 0.15) is 34.4 Å². The lowest BCUT2D eigenvalue weighted by molar-refractivity contribution is 0.425. The van der Waals surface area contributed by atoms with E-state index in [1.165, 1.54) is 21.7 Å². The fourth-order valence-electron chi connectivity index (χ4n) is 4.14. The normalized spacial score (nSPS) is 23.6. The third-order valence-electron chi connectivity index (χ3n) is 5.41. The number of rotatable bonds is 3. The summed E-state index contributed by atoms with van der Waals surface area (Å²) in [5, 5.41) is 5.85. The van der Waals surface area contributed by atoms with Crippen molar-refractivity contribution in [3.05, 3.63) is 94.2 Å². The molecule has 2 aromatic carbocycles. The van der Waals surface area contributed by atoms with E-state index in [4.69, 9.17) is 0 Å². The molecule has 2 nitrogen and oxygen atoms in total. The maximum Gasteiger partial charge on any atom is 0.0630 e. The molecule has 0 amide bonds. The molecule has 0 radical (unpaired) electrons. The van der Waals surface area contributed by atoms with Gasteiger partial charge in [0.15, 0.2) is 0 Å². The number of aliphatic imine (C=N–C) groups is 1. The zero-order chi connectivity index (χ0) is 17.3. The first kappa shape index (κ1) is 15.6. The molecule has 128 valence electrons. The third kappa shape index (κ3) is 2.78.